The minimum absolute atomic E-state index is 0.164. The van der Waals surface area contributed by atoms with Gasteiger partial charge in [0.2, 0.25) is 12.1 Å². The van der Waals surface area contributed by atoms with Crippen molar-refractivity contribution < 1.29 is 14.3 Å². The summed E-state index contributed by atoms with van der Waals surface area (Å²) in [6.45, 7) is 1.47. The average molecular weight is 302 g/mol. The lowest BCUT2D eigenvalue weighted by molar-refractivity contribution is -0.135. The van der Waals surface area contributed by atoms with Crippen LogP contribution in [0.1, 0.15) is 23.6 Å². The van der Waals surface area contributed by atoms with Gasteiger partial charge in [-0.25, -0.2) is 0 Å². The molecule has 6 heteroatoms. The van der Waals surface area contributed by atoms with Gasteiger partial charge in [-0.1, -0.05) is 6.07 Å². The molecule has 0 N–H and O–H groups in total. The quantitative estimate of drug-likeness (QED) is 0.876. The molecule has 3 rings (SSSR count). The molecule has 0 aliphatic carbocycles. The van der Waals surface area contributed by atoms with E-state index in [-0.39, 0.29) is 5.91 Å². The molecule has 0 bridgehead atoms. The fourth-order valence-electron chi connectivity index (χ4n) is 2.05. The maximum Gasteiger partial charge on any atom is 0.251 e. The zero-order chi connectivity index (χ0) is 14.8. The zero-order valence-electron chi connectivity index (χ0n) is 11.6. The van der Waals surface area contributed by atoms with Crippen LogP contribution >= 0.6 is 11.3 Å². The number of methoxy groups -OCH3 is 1. The molecule has 1 aliphatic rings. The number of nitrogens with zero attached hydrogens (tertiary/aromatic N) is 2. The lowest BCUT2D eigenvalue weighted by Crippen LogP contribution is -2.25. The summed E-state index contributed by atoms with van der Waals surface area (Å²) in [4.78, 5) is 12.7. The third-order valence-electron chi connectivity index (χ3n) is 3.10. The van der Waals surface area contributed by atoms with Crippen molar-refractivity contribution in [1.82, 2.24) is 5.01 Å². The molecule has 21 heavy (non-hydrogen) atoms. The zero-order valence-corrected chi connectivity index (χ0v) is 12.5. The number of amides is 1. The highest BCUT2D eigenvalue weighted by molar-refractivity contribution is 7.12. The number of hydrogen-bond donors (Lipinski definition) is 0. The second-order valence-electron chi connectivity index (χ2n) is 4.49. The first-order chi connectivity index (χ1) is 10.2. The molecular weight excluding hydrogens is 288 g/mol. The number of carbonyl (C=O) groups excluding carboxylic acids is 1. The molecule has 0 saturated carbocycles. The number of carbonyl (C=O) groups is 1. The van der Waals surface area contributed by atoms with Crippen molar-refractivity contribution in [3.63, 3.8) is 0 Å². The maximum atomic E-state index is 11.8. The first-order valence-electron chi connectivity index (χ1n) is 6.42. The summed E-state index contributed by atoms with van der Waals surface area (Å²) in [6, 6.07) is 11.2. The van der Waals surface area contributed by atoms with Crippen LogP contribution in [0.15, 0.2) is 46.9 Å². The Morgan fingerprint density at radius 3 is 2.67 bits per heavy atom. The Balaban J connectivity index is 1.90. The molecule has 2 aromatic rings. The largest absolute Gasteiger partial charge is 0.497 e. The van der Waals surface area contributed by atoms with Gasteiger partial charge in [0.15, 0.2) is 0 Å². The molecule has 1 atom stereocenters. The lowest BCUT2D eigenvalue weighted by Gasteiger charge is -2.19. The number of hydrazone groups is 1. The predicted octanol–water partition coefficient (Wildman–Crippen LogP) is 3.00. The fraction of sp³-hybridized carbons (Fsp3) is 0.200. The highest BCUT2D eigenvalue weighted by Gasteiger charge is 2.33. The number of rotatable bonds is 3. The minimum Gasteiger partial charge on any atom is -0.497 e. The molecule has 108 valence electrons. The van der Waals surface area contributed by atoms with Gasteiger partial charge >= 0.3 is 0 Å². The molecule has 0 unspecified atom stereocenters. The van der Waals surface area contributed by atoms with E-state index in [1.54, 1.807) is 7.11 Å². The summed E-state index contributed by atoms with van der Waals surface area (Å²) in [7, 11) is 1.61. The van der Waals surface area contributed by atoms with E-state index in [1.165, 1.54) is 23.3 Å². The highest BCUT2D eigenvalue weighted by Crippen LogP contribution is 2.31. The molecule has 2 heterocycles. The number of benzene rings is 1. The topological polar surface area (TPSA) is 51.1 Å². The third-order valence-corrected chi connectivity index (χ3v) is 3.96. The van der Waals surface area contributed by atoms with Crippen LogP contribution in [-0.2, 0) is 9.53 Å². The van der Waals surface area contributed by atoms with E-state index in [0.717, 1.165) is 16.2 Å². The summed E-state index contributed by atoms with van der Waals surface area (Å²) in [5.74, 6) is 1.06. The van der Waals surface area contributed by atoms with Gasteiger partial charge in [0.1, 0.15) is 5.75 Å². The second kappa shape index (κ2) is 5.57. The average Bonchev–Trinajstić information content (AvgIpc) is 3.16. The van der Waals surface area contributed by atoms with Gasteiger partial charge in [-0.15, -0.1) is 16.4 Å². The Labute approximate surface area is 126 Å². The van der Waals surface area contributed by atoms with E-state index in [2.05, 4.69) is 5.10 Å². The standard InChI is InChI=1S/C15H14N2O3S/c1-10(18)17-15(11-5-7-12(19-2)8-6-11)20-14(16-17)13-4-3-9-21-13/h3-9,15H,1-2H3/t15-/m1/s1. The molecule has 1 amide bonds. The molecule has 1 aliphatic heterocycles. The SMILES string of the molecule is COc1ccc([C@H]2OC(c3cccs3)=NN2C(C)=O)cc1. The molecule has 1 aromatic heterocycles. The van der Waals surface area contributed by atoms with E-state index in [4.69, 9.17) is 9.47 Å². The smallest absolute Gasteiger partial charge is 0.251 e. The van der Waals surface area contributed by atoms with E-state index < -0.39 is 6.23 Å². The van der Waals surface area contributed by atoms with Crippen LogP contribution in [0, 0.1) is 0 Å². The van der Waals surface area contributed by atoms with Crippen LogP contribution < -0.4 is 4.74 Å². The molecule has 0 spiro atoms. The summed E-state index contributed by atoms with van der Waals surface area (Å²) in [6.07, 6.45) is -0.537. The normalized spacial score (nSPS) is 17.3. The van der Waals surface area contributed by atoms with Crippen molar-refractivity contribution in [3.8, 4) is 5.75 Å². The Morgan fingerprint density at radius 2 is 2.10 bits per heavy atom. The van der Waals surface area contributed by atoms with Crippen LogP contribution in [-0.4, -0.2) is 23.9 Å². The number of ether oxygens (including phenoxy) is 2. The summed E-state index contributed by atoms with van der Waals surface area (Å²) in [5.41, 5.74) is 0.848. The molecule has 1 aromatic carbocycles. The van der Waals surface area contributed by atoms with E-state index >= 15 is 0 Å². The van der Waals surface area contributed by atoms with Crippen molar-refractivity contribution >= 4 is 23.1 Å². The minimum atomic E-state index is -0.537. The van der Waals surface area contributed by atoms with Crippen molar-refractivity contribution in [2.24, 2.45) is 5.10 Å². The summed E-state index contributed by atoms with van der Waals surface area (Å²) in [5, 5.41) is 7.59. The summed E-state index contributed by atoms with van der Waals surface area (Å²) >= 11 is 1.52. The number of thiophene rings is 1. The Bertz CT molecular complexity index is 665. The molecular formula is C15H14N2O3S. The molecule has 0 radical (unpaired) electrons. The van der Waals surface area contributed by atoms with Gasteiger partial charge < -0.3 is 9.47 Å². The third kappa shape index (κ3) is 2.62. The lowest BCUT2D eigenvalue weighted by atomic mass is 10.2. The van der Waals surface area contributed by atoms with Gasteiger partial charge in [0.25, 0.3) is 5.90 Å². The van der Waals surface area contributed by atoms with Crippen LogP contribution in [0.3, 0.4) is 0 Å². The number of hydrogen-bond acceptors (Lipinski definition) is 5. The van der Waals surface area contributed by atoms with Gasteiger partial charge in [-0.3, -0.25) is 4.79 Å². The van der Waals surface area contributed by atoms with Gasteiger partial charge in [-0.05, 0) is 35.7 Å². The Morgan fingerprint density at radius 1 is 1.33 bits per heavy atom. The first kappa shape index (κ1) is 13.6. The van der Waals surface area contributed by atoms with E-state index in [1.807, 2.05) is 41.8 Å². The van der Waals surface area contributed by atoms with Crippen molar-refractivity contribution in [3.05, 3.63) is 52.2 Å². The first-order valence-corrected chi connectivity index (χ1v) is 7.30. The Hall–Kier alpha value is -2.34. The predicted molar refractivity (Wildman–Crippen MR) is 80.2 cm³/mol. The fourth-order valence-corrected chi connectivity index (χ4v) is 2.70. The summed E-state index contributed by atoms with van der Waals surface area (Å²) < 4.78 is 11.0. The molecule has 0 saturated heterocycles. The van der Waals surface area contributed by atoms with E-state index in [9.17, 15) is 4.79 Å². The van der Waals surface area contributed by atoms with Gasteiger partial charge in [0.05, 0.1) is 12.0 Å². The molecule has 5 nitrogen and oxygen atoms in total. The van der Waals surface area contributed by atoms with Crippen LogP contribution in [0.4, 0.5) is 0 Å². The van der Waals surface area contributed by atoms with Gasteiger partial charge in [-0.2, -0.15) is 5.01 Å². The van der Waals surface area contributed by atoms with Gasteiger partial charge in [0, 0.05) is 12.5 Å². The maximum absolute atomic E-state index is 11.8. The highest BCUT2D eigenvalue weighted by atomic mass is 32.1. The second-order valence-corrected chi connectivity index (χ2v) is 5.44. The van der Waals surface area contributed by atoms with Crippen LogP contribution in [0.5, 0.6) is 5.75 Å². The van der Waals surface area contributed by atoms with Crippen molar-refractivity contribution in [1.29, 1.82) is 0 Å². The molecule has 0 fully saturated rings. The Kier molecular flexibility index (Phi) is 3.62. The van der Waals surface area contributed by atoms with Crippen molar-refractivity contribution in [2.75, 3.05) is 7.11 Å². The van der Waals surface area contributed by atoms with Crippen LogP contribution in [0.2, 0.25) is 0 Å². The van der Waals surface area contributed by atoms with E-state index in [0.29, 0.717) is 5.90 Å². The monoisotopic (exact) mass is 302 g/mol. The van der Waals surface area contributed by atoms with Crippen molar-refractivity contribution in [2.45, 2.75) is 13.2 Å². The van der Waals surface area contributed by atoms with Crippen LogP contribution in [0.25, 0.3) is 0 Å².